The zero-order valence-corrected chi connectivity index (χ0v) is 13.7. The molecule has 0 unspecified atom stereocenters. The third-order valence-electron chi connectivity index (χ3n) is 4.12. The summed E-state index contributed by atoms with van der Waals surface area (Å²) in [6.07, 6.45) is 2.65. The van der Waals surface area contributed by atoms with Gasteiger partial charge in [-0.1, -0.05) is 18.2 Å². The monoisotopic (exact) mass is 302 g/mol. The lowest BCUT2D eigenvalue weighted by atomic mass is 10.0. The van der Waals surface area contributed by atoms with E-state index in [1.807, 2.05) is 19.0 Å². The van der Waals surface area contributed by atoms with Gasteiger partial charge in [0.1, 0.15) is 5.01 Å². The number of hydrogen-bond donors (Lipinski definition) is 0. The topological polar surface area (TPSA) is 32.3 Å². The van der Waals surface area contributed by atoms with Crippen molar-refractivity contribution in [1.82, 2.24) is 14.3 Å². The van der Waals surface area contributed by atoms with Crippen LogP contribution in [0.2, 0.25) is 0 Å². The van der Waals surface area contributed by atoms with Gasteiger partial charge in [0, 0.05) is 25.7 Å². The maximum absolute atomic E-state index is 4.60. The Kier molecular flexibility index (Phi) is 4.22. The highest BCUT2D eigenvalue weighted by Gasteiger charge is 2.20. The van der Waals surface area contributed by atoms with E-state index in [2.05, 4.69) is 45.4 Å². The summed E-state index contributed by atoms with van der Waals surface area (Å²) in [5.41, 5.74) is 2.54. The maximum Gasteiger partial charge on any atom is 0.237 e. The minimum atomic E-state index is 0.480. The van der Waals surface area contributed by atoms with E-state index in [0.29, 0.717) is 6.04 Å². The molecule has 2 aromatic rings. The molecule has 0 radical (unpaired) electrons. The van der Waals surface area contributed by atoms with Gasteiger partial charge < -0.3 is 4.90 Å². The molecule has 5 heteroatoms. The highest BCUT2D eigenvalue weighted by atomic mass is 32.1. The first-order valence-electron chi connectivity index (χ1n) is 7.50. The normalized spacial score (nSPS) is 17.1. The fourth-order valence-electron chi connectivity index (χ4n) is 2.79. The molecule has 0 bridgehead atoms. The lowest BCUT2D eigenvalue weighted by Gasteiger charge is -2.24. The van der Waals surface area contributed by atoms with Gasteiger partial charge in [-0.05, 0) is 56.0 Å². The van der Waals surface area contributed by atoms with E-state index in [9.17, 15) is 0 Å². The highest BCUT2D eigenvalue weighted by Crippen LogP contribution is 2.29. The van der Waals surface area contributed by atoms with Gasteiger partial charge in [-0.15, -0.1) is 0 Å². The summed E-state index contributed by atoms with van der Waals surface area (Å²) in [6.45, 7) is 4.74. The van der Waals surface area contributed by atoms with E-state index >= 15 is 0 Å². The molecule has 1 aliphatic rings. The SMILES string of the molecule is C[C@@H](c1cccc(-c2nc(N(C)C)ns2)c1)N1CCCC1. The molecule has 0 spiro atoms. The summed E-state index contributed by atoms with van der Waals surface area (Å²) in [5.74, 6) is 0.785. The van der Waals surface area contributed by atoms with Gasteiger partial charge in [-0.2, -0.15) is 9.36 Å². The number of aromatic nitrogens is 2. The van der Waals surface area contributed by atoms with Crippen molar-refractivity contribution in [2.75, 3.05) is 32.1 Å². The van der Waals surface area contributed by atoms with Crippen molar-refractivity contribution in [3.05, 3.63) is 29.8 Å². The first kappa shape index (κ1) is 14.5. The van der Waals surface area contributed by atoms with E-state index < -0.39 is 0 Å². The zero-order chi connectivity index (χ0) is 14.8. The van der Waals surface area contributed by atoms with Crippen molar-refractivity contribution < 1.29 is 0 Å². The molecule has 1 aromatic carbocycles. The van der Waals surface area contributed by atoms with Crippen LogP contribution in [-0.4, -0.2) is 41.4 Å². The highest BCUT2D eigenvalue weighted by molar-refractivity contribution is 7.09. The molecule has 0 aliphatic carbocycles. The molecular formula is C16H22N4S. The number of benzene rings is 1. The standard InChI is InChI=1S/C16H22N4S/c1-12(20-9-4-5-10-20)13-7-6-8-14(11-13)15-17-16(18-21-15)19(2)3/h6-8,11-12H,4-5,9-10H2,1-3H3/t12-/m0/s1. The molecule has 1 aromatic heterocycles. The summed E-state index contributed by atoms with van der Waals surface area (Å²) in [4.78, 5) is 9.10. The fraction of sp³-hybridized carbons (Fsp3) is 0.500. The van der Waals surface area contributed by atoms with E-state index in [-0.39, 0.29) is 0 Å². The summed E-state index contributed by atoms with van der Waals surface area (Å²) in [5, 5.41) is 0.995. The molecule has 112 valence electrons. The van der Waals surface area contributed by atoms with Gasteiger partial charge >= 0.3 is 0 Å². The van der Waals surface area contributed by atoms with Crippen LogP contribution in [-0.2, 0) is 0 Å². The van der Waals surface area contributed by atoms with E-state index in [4.69, 9.17) is 0 Å². The van der Waals surface area contributed by atoms with Crippen molar-refractivity contribution in [2.45, 2.75) is 25.8 Å². The molecule has 0 saturated carbocycles. The second-order valence-corrected chi connectivity index (χ2v) is 6.59. The Labute approximate surface area is 130 Å². The fourth-order valence-corrected chi connectivity index (χ4v) is 3.51. The quantitative estimate of drug-likeness (QED) is 0.866. The van der Waals surface area contributed by atoms with Crippen molar-refractivity contribution in [3.8, 4) is 10.6 Å². The third-order valence-corrected chi connectivity index (χ3v) is 4.87. The molecular weight excluding hydrogens is 280 g/mol. The number of rotatable bonds is 4. The lowest BCUT2D eigenvalue weighted by molar-refractivity contribution is 0.263. The molecule has 4 nitrogen and oxygen atoms in total. The Bertz CT molecular complexity index is 602. The molecule has 21 heavy (non-hydrogen) atoms. The largest absolute Gasteiger partial charge is 0.346 e. The van der Waals surface area contributed by atoms with Crippen LogP contribution in [0.15, 0.2) is 24.3 Å². The van der Waals surface area contributed by atoms with Crippen molar-refractivity contribution in [3.63, 3.8) is 0 Å². The van der Waals surface area contributed by atoms with Crippen LogP contribution in [0.25, 0.3) is 10.6 Å². The smallest absolute Gasteiger partial charge is 0.237 e. The maximum atomic E-state index is 4.60. The molecule has 3 rings (SSSR count). The second-order valence-electron chi connectivity index (χ2n) is 5.84. The molecule has 1 atom stereocenters. The van der Waals surface area contributed by atoms with Gasteiger partial charge in [-0.3, -0.25) is 4.90 Å². The summed E-state index contributed by atoms with van der Waals surface area (Å²) < 4.78 is 4.39. The molecule has 1 fully saturated rings. The Hall–Kier alpha value is -1.46. The number of likely N-dealkylation sites (tertiary alicyclic amines) is 1. The second kappa shape index (κ2) is 6.12. The van der Waals surface area contributed by atoms with E-state index in [1.165, 1.54) is 48.6 Å². The van der Waals surface area contributed by atoms with Crippen molar-refractivity contribution in [2.24, 2.45) is 0 Å². The van der Waals surface area contributed by atoms with Crippen LogP contribution in [0.3, 0.4) is 0 Å². The van der Waals surface area contributed by atoms with Crippen LogP contribution < -0.4 is 4.90 Å². The van der Waals surface area contributed by atoms with Crippen molar-refractivity contribution in [1.29, 1.82) is 0 Å². The number of nitrogens with zero attached hydrogens (tertiary/aromatic N) is 4. The summed E-state index contributed by atoms with van der Waals surface area (Å²) >= 11 is 1.47. The van der Waals surface area contributed by atoms with Gasteiger partial charge in [0.15, 0.2) is 0 Å². The Morgan fingerprint density at radius 3 is 2.67 bits per heavy atom. The number of anilines is 1. The van der Waals surface area contributed by atoms with Crippen LogP contribution in [0, 0.1) is 0 Å². The molecule has 1 aliphatic heterocycles. The molecule has 0 amide bonds. The third kappa shape index (κ3) is 3.09. The predicted molar refractivity (Wildman–Crippen MR) is 88.9 cm³/mol. The number of hydrogen-bond acceptors (Lipinski definition) is 5. The van der Waals surface area contributed by atoms with E-state index in [0.717, 1.165) is 11.0 Å². The summed E-state index contributed by atoms with van der Waals surface area (Å²) in [7, 11) is 3.94. The first-order chi connectivity index (χ1) is 10.1. The Morgan fingerprint density at radius 1 is 1.24 bits per heavy atom. The van der Waals surface area contributed by atoms with Crippen molar-refractivity contribution >= 4 is 17.5 Å². The van der Waals surface area contributed by atoms with Crippen LogP contribution in [0.1, 0.15) is 31.4 Å². The average Bonchev–Trinajstić information content (AvgIpc) is 3.18. The summed E-state index contributed by atoms with van der Waals surface area (Å²) in [6, 6.07) is 9.23. The average molecular weight is 302 g/mol. The van der Waals surface area contributed by atoms with Gasteiger partial charge in [-0.25, -0.2) is 0 Å². The predicted octanol–water partition coefficient (Wildman–Crippen LogP) is 3.43. The molecule has 2 heterocycles. The first-order valence-corrected chi connectivity index (χ1v) is 8.28. The Morgan fingerprint density at radius 2 is 2.00 bits per heavy atom. The Balaban J connectivity index is 1.84. The van der Waals surface area contributed by atoms with Crippen LogP contribution in [0.4, 0.5) is 5.95 Å². The minimum absolute atomic E-state index is 0.480. The molecule has 0 N–H and O–H groups in total. The van der Waals surface area contributed by atoms with Gasteiger partial charge in [0.25, 0.3) is 0 Å². The van der Waals surface area contributed by atoms with Crippen LogP contribution >= 0.6 is 11.5 Å². The lowest BCUT2D eigenvalue weighted by Crippen LogP contribution is -2.23. The zero-order valence-electron chi connectivity index (χ0n) is 12.9. The minimum Gasteiger partial charge on any atom is -0.346 e. The van der Waals surface area contributed by atoms with Gasteiger partial charge in [0.05, 0.1) is 0 Å². The van der Waals surface area contributed by atoms with Gasteiger partial charge in [0.2, 0.25) is 5.95 Å². The van der Waals surface area contributed by atoms with E-state index in [1.54, 1.807) is 0 Å². The molecule has 1 saturated heterocycles. The van der Waals surface area contributed by atoms with Crippen LogP contribution in [0.5, 0.6) is 0 Å².